The van der Waals surface area contributed by atoms with Crippen LogP contribution in [-0.2, 0) is 6.54 Å². The largest absolute Gasteiger partial charge is 0.312 e. The van der Waals surface area contributed by atoms with Gasteiger partial charge in [-0.1, -0.05) is 0 Å². The molecule has 0 spiro atoms. The molecule has 0 fully saturated rings. The number of terminal acetylenes is 1. The van der Waals surface area contributed by atoms with Crippen LogP contribution in [0.4, 0.5) is 0 Å². The number of aryl methyl sites for hydroxylation is 2. The maximum Gasteiger partial charge on any atom is 0.193 e. The van der Waals surface area contributed by atoms with Crippen LogP contribution in [0.1, 0.15) is 41.5 Å². The first-order valence-electron chi connectivity index (χ1n) is 7.19. The molecular formula is C17H20N4. The van der Waals surface area contributed by atoms with Gasteiger partial charge >= 0.3 is 0 Å². The van der Waals surface area contributed by atoms with Crippen LogP contribution in [0.2, 0.25) is 0 Å². The van der Waals surface area contributed by atoms with E-state index < -0.39 is 0 Å². The van der Waals surface area contributed by atoms with Gasteiger partial charge in [-0.2, -0.15) is 15.5 Å². The average molecular weight is 280 g/mol. The summed E-state index contributed by atoms with van der Waals surface area (Å²) in [4.78, 5) is 0. The summed E-state index contributed by atoms with van der Waals surface area (Å²) < 4.78 is 0. The van der Waals surface area contributed by atoms with Gasteiger partial charge in [-0.05, 0) is 49.2 Å². The minimum absolute atomic E-state index is 0.214. The minimum Gasteiger partial charge on any atom is -0.312 e. The number of hydrogen-bond acceptors (Lipinski definition) is 4. The third-order valence-electron chi connectivity index (χ3n) is 3.88. The lowest BCUT2D eigenvalue weighted by Gasteiger charge is -2.13. The highest BCUT2D eigenvalue weighted by molar-refractivity contribution is 5.42. The van der Waals surface area contributed by atoms with Crippen LogP contribution >= 0.6 is 0 Å². The Kier molecular flexibility index (Phi) is 4.73. The molecule has 0 amide bonds. The summed E-state index contributed by atoms with van der Waals surface area (Å²) >= 11 is 0. The Morgan fingerprint density at radius 2 is 1.90 bits per heavy atom. The van der Waals surface area contributed by atoms with E-state index in [0.29, 0.717) is 0 Å². The fourth-order valence-electron chi connectivity index (χ4n) is 2.51. The van der Waals surface area contributed by atoms with Gasteiger partial charge in [0.15, 0.2) is 5.66 Å². The second-order valence-electron chi connectivity index (χ2n) is 5.51. The summed E-state index contributed by atoms with van der Waals surface area (Å²) in [6.07, 6.45) is 7.74. The Labute approximate surface area is 126 Å². The topological polar surface area (TPSA) is 60.5 Å². The number of nitriles is 1. The SMILES string of the molecule is C#CCCC1(CCNCc2c(C)cc(C#N)cc2C)N=N1. The number of nitrogens with one attached hydrogen (secondary N) is 1. The van der Waals surface area contributed by atoms with Crippen molar-refractivity contribution in [2.75, 3.05) is 6.54 Å². The summed E-state index contributed by atoms with van der Waals surface area (Å²) in [6.45, 7) is 5.75. The Morgan fingerprint density at radius 1 is 1.24 bits per heavy atom. The monoisotopic (exact) mass is 280 g/mol. The van der Waals surface area contributed by atoms with E-state index in [1.165, 1.54) is 5.56 Å². The van der Waals surface area contributed by atoms with Gasteiger partial charge in [-0.25, -0.2) is 0 Å². The van der Waals surface area contributed by atoms with Crippen LogP contribution in [0.25, 0.3) is 0 Å². The lowest BCUT2D eigenvalue weighted by atomic mass is 9.99. The van der Waals surface area contributed by atoms with Gasteiger partial charge < -0.3 is 5.32 Å². The number of benzene rings is 1. The quantitative estimate of drug-likeness (QED) is 0.615. The zero-order chi connectivity index (χ0) is 15.3. The Morgan fingerprint density at radius 3 is 2.43 bits per heavy atom. The van der Waals surface area contributed by atoms with Crippen LogP contribution in [0, 0.1) is 37.5 Å². The normalized spacial score (nSPS) is 14.5. The van der Waals surface area contributed by atoms with Crippen molar-refractivity contribution in [2.24, 2.45) is 10.2 Å². The van der Waals surface area contributed by atoms with Gasteiger partial charge in [-0.3, -0.25) is 0 Å². The molecule has 108 valence electrons. The van der Waals surface area contributed by atoms with E-state index in [0.717, 1.165) is 49.0 Å². The highest BCUT2D eigenvalue weighted by Gasteiger charge is 2.38. The zero-order valence-corrected chi connectivity index (χ0v) is 12.6. The smallest absolute Gasteiger partial charge is 0.193 e. The van der Waals surface area contributed by atoms with E-state index in [1.54, 1.807) is 0 Å². The van der Waals surface area contributed by atoms with Crippen molar-refractivity contribution in [3.63, 3.8) is 0 Å². The Bertz CT molecular complexity index is 602. The highest BCUT2D eigenvalue weighted by Crippen LogP contribution is 2.36. The molecule has 1 heterocycles. The van der Waals surface area contributed by atoms with Crippen LogP contribution in [0.15, 0.2) is 22.4 Å². The molecule has 2 rings (SSSR count). The molecule has 0 bridgehead atoms. The molecule has 0 aromatic heterocycles. The second-order valence-corrected chi connectivity index (χ2v) is 5.51. The van der Waals surface area contributed by atoms with Crippen molar-refractivity contribution in [3.8, 4) is 18.4 Å². The molecule has 1 aromatic carbocycles. The second kappa shape index (κ2) is 6.52. The summed E-state index contributed by atoms with van der Waals surface area (Å²) in [5, 5.41) is 20.7. The lowest BCUT2D eigenvalue weighted by Crippen LogP contribution is -2.23. The van der Waals surface area contributed by atoms with Crippen molar-refractivity contribution in [1.29, 1.82) is 5.26 Å². The Hall–Kier alpha value is -2.17. The molecule has 0 radical (unpaired) electrons. The molecule has 1 aromatic rings. The first kappa shape index (κ1) is 15.2. The van der Waals surface area contributed by atoms with Gasteiger partial charge in [-0.15, -0.1) is 12.3 Å². The van der Waals surface area contributed by atoms with Gasteiger partial charge in [0.2, 0.25) is 0 Å². The van der Waals surface area contributed by atoms with E-state index in [9.17, 15) is 0 Å². The maximum atomic E-state index is 8.96. The molecule has 0 saturated heterocycles. The van der Waals surface area contributed by atoms with Crippen molar-refractivity contribution < 1.29 is 0 Å². The maximum absolute atomic E-state index is 8.96. The molecule has 21 heavy (non-hydrogen) atoms. The van der Waals surface area contributed by atoms with Crippen molar-refractivity contribution in [2.45, 2.75) is 45.3 Å². The van der Waals surface area contributed by atoms with Gasteiger partial charge in [0.05, 0.1) is 11.6 Å². The first-order valence-corrected chi connectivity index (χ1v) is 7.19. The summed E-state index contributed by atoms with van der Waals surface area (Å²) in [7, 11) is 0. The van der Waals surface area contributed by atoms with Crippen LogP contribution in [0.5, 0.6) is 0 Å². The molecule has 0 unspecified atom stereocenters. The Balaban J connectivity index is 1.82. The zero-order valence-electron chi connectivity index (χ0n) is 12.6. The van der Waals surface area contributed by atoms with Gasteiger partial charge in [0.1, 0.15) is 0 Å². The van der Waals surface area contributed by atoms with Crippen molar-refractivity contribution in [1.82, 2.24) is 5.32 Å². The molecule has 4 heteroatoms. The molecule has 1 aliphatic heterocycles. The molecule has 0 saturated carbocycles. The van der Waals surface area contributed by atoms with Crippen LogP contribution in [0.3, 0.4) is 0 Å². The standard InChI is InChI=1S/C17H20N4/c1-4-5-6-17(20-21-17)7-8-19-12-16-13(2)9-15(11-18)10-14(16)3/h1,9-10,19H,5-8,12H2,2-3H3. The average Bonchev–Trinajstić information content (AvgIpc) is 3.23. The van der Waals surface area contributed by atoms with E-state index in [1.807, 2.05) is 26.0 Å². The highest BCUT2D eigenvalue weighted by atomic mass is 15.4. The first-order chi connectivity index (χ1) is 10.1. The fourth-order valence-corrected chi connectivity index (χ4v) is 2.51. The fraction of sp³-hybridized carbons (Fsp3) is 0.471. The third-order valence-corrected chi connectivity index (χ3v) is 3.88. The summed E-state index contributed by atoms with van der Waals surface area (Å²) in [5.41, 5.74) is 4.08. The van der Waals surface area contributed by atoms with Gasteiger partial charge in [0.25, 0.3) is 0 Å². The molecule has 1 aliphatic rings. The number of nitrogens with zero attached hydrogens (tertiary/aromatic N) is 3. The summed E-state index contributed by atoms with van der Waals surface area (Å²) in [5.74, 6) is 2.64. The molecule has 4 nitrogen and oxygen atoms in total. The molecular weight excluding hydrogens is 260 g/mol. The predicted molar refractivity (Wildman–Crippen MR) is 82.6 cm³/mol. The molecule has 0 atom stereocenters. The van der Waals surface area contributed by atoms with Crippen LogP contribution < -0.4 is 5.32 Å². The summed E-state index contributed by atoms with van der Waals surface area (Å²) in [6, 6.07) is 6.06. The minimum atomic E-state index is -0.214. The predicted octanol–water partition coefficient (Wildman–Crippen LogP) is 3.23. The van der Waals surface area contributed by atoms with Crippen molar-refractivity contribution in [3.05, 3.63) is 34.4 Å². The van der Waals surface area contributed by atoms with E-state index in [4.69, 9.17) is 11.7 Å². The number of rotatable bonds is 7. The third kappa shape index (κ3) is 3.90. The van der Waals surface area contributed by atoms with E-state index in [-0.39, 0.29) is 5.66 Å². The van der Waals surface area contributed by atoms with Gasteiger partial charge in [0, 0.05) is 25.8 Å². The van der Waals surface area contributed by atoms with Crippen LogP contribution in [-0.4, -0.2) is 12.2 Å². The van der Waals surface area contributed by atoms with Crippen molar-refractivity contribution >= 4 is 0 Å². The molecule has 0 aliphatic carbocycles. The van der Waals surface area contributed by atoms with E-state index in [2.05, 4.69) is 27.5 Å². The lowest BCUT2D eigenvalue weighted by molar-refractivity contribution is 0.487. The molecule has 1 N–H and O–H groups in total. The number of hydrogen-bond donors (Lipinski definition) is 1. The van der Waals surface area contributed by atoms with E-state index >= 15 is 0 Å².